The van der Waals surface area contributed by atoms with Gasteiger partial charge >= 0.3 is 5.97 Å². The van der Waals surface area contributed by atoms with Gasteiger partial charge in [0.1, 0.15) is 23.7 Å². The molecule has 28 heavy (non-hydrogen) atoms. The zero-order chi connectivity index (χ0) is 19.8. The minimum absolute atomic E-state index is 0.0507. The number of carbonyl (C=O) groups is 1. The van der Waals surface area contributed by atoms with Crippen molar-refractivity contribution in [2.75, 3.05) is 23.8 Å². The number of anilines is 2. The lowest BCUT2D eigenvalue weighted by Gasteiger charge is -2.22. The molecule has 0 saturated heterocycles. The Kier molecular flexibility index (Phi) is 7.06. The SMILES string of the molecule is CC(COc1ccccc1)Nc1nc(NCC2CCCCC2)ncc1C(=O)O. The van der Waals surface area contributed by atoms with E-state index >= 15 is 0 Å². The molecule has 1 fully saturated rings. The first-order chi connectivity index (χ1) is 13.6. The monoisotopic (exact) mass is 384 g/mol. The highest BCUT2D eigenvalue weighted by Crippen LogP contribution is 2.24. The molecule has 1 aliphatic rings. The quantitative estimate of drug-likeness (QED) is 0.600. The van der Waals surface area contributed by atoms with Crippen LogP contribution in [0.25, 0.3) is 0 Å². The smallest absolute Gasteiger partial charge is 0.341 e. The molecule has 7 nitrogen and oxygen atoms in total. The van der Waals surface area contributed by atoms with Crippen molar-refractivity contribution < 1.29 is 14.6 Å². The summed E-state index contributed by atoms with van der Waals surface area (Å²) in [6, 6.07) is 9.38. The van der Waals surface area contributed by atoms with Crippen LogP contribution in [0.1, 0.15) is 49.4 Å². The fourth-order valence-corrected chi connectivity index (χ4v) is 3.37. The van der Waals surface area contributed by atoms with Crippen LogP contribution in [0.15, 0.2) is 36.5 Å². The number of ether oxygens (including phenoxy) is 1. The summed E-state index contributed by atoms with van der Waals surface area (Å²) in [6.45, 7) is 3.13. The van der Waals surface area contributed by atoms with Crippen LogP contribution in [-0.4, -0.2) is 40.2 Å². The molecule has 0 aliphatic heterocycles. The van der Waals surface area contributed by atoms with Crippen LogP contribution >= 0.6 is 0 Å². The number of nitrogens with one attached hydrogen (secondary N) is 2. The number of aromatic nitrogens is 2. The van der Waals surface area contributed by atoms with Gasteiger partial charge in [0.25, 0.3) is 0 Å². The van der Waals surface area contributed by atoms with Crippen LogP contribution in [0.4, 0.5) is 11.8 Å². The van der Waals surface area contributed by atoms with Crippen molar-refractivity contribution in [3.8, 4) is 5.75 Å². The molecule has 1 saturated carbocycles. The molecular formula is C21H28N4O3. The van der Waals surface area contributed by atoms with Gasteiger partial charge in [0, 0.05) is 12.7 Å². The summed E-state index contributed by atoms with van der Waals surface area (Å²) < 4.78 is 5.73. The number of carboxylic acids is 1. The normalized spacial score (nSPS) is 15.6. The molecule has 2 aromatic rings. The number of hydrogen-bond acceptors (Lipinski definition) is 6. The zero-order valence-electron chi connectivity index (χ0n) is 16.2. The summed E-state index contributed by atoms with van der Waals surface area (Å²) in [4.78, 5) is 20.1. The van der Waals surface area contributed by atoms with E-state index in [1.165, 1.54) is 38.3 Å². The summed E-state index contributed by atoms with van der Waals surface area (Å²) in [5.74, 6) is 1.10. The highest BCUT2D eigenvalue weighted by molar-refractivity contribution is 5.93. The van der Waals surface area contributed by atoms with E-state index in [0.717, 1.165) is 12.3 Å². The van der Waals surface area contributed by atoms with E-state index < -0.39 is 5.97 Å². The maximum atomic E-state index is 11.5. The van der Waals surface area contributed by atoms with Crippen molar-refractivity contribution in [1.82, 2.24) is 9.97 Å². The van der Waals surface area contributed by atoms with Crippen molar-refractivity contribution in [3.05, 3.63) is 42.1 Å². The summed E-state index contributed by atoms with van der Waals surface area (Å²) in [5, 5.41) is 15.8. The van der Waals surface area contributed by atoms with Gasteiger partial charge in [0.15, 0.2) is 0 Å². The Hall–Kier alpha value is -2.83. The Labute approximate surface area is 165 Å². The Balaban J connectivity index is 1.60. The minimum atomic E-state index is -1.06. The van der Waals surface area contributed by atoms with Crippen LogP contribution in [-0.2, 0) is 0 Å². The lowest BCUT2D eigenvalue weighted by atomic mass is 9.89. The number of nitrogens with zero attached hydrogens (tertiary/aromatic N) is 2. The van der Waals surface area contributed by atoms with E-state index in [2.05, 4.69) is 20.6 Å². The van der Waals surface area contributed by atoms with Gasteiger partial charge in [0.05, 0.1) is 6.04 Å². The van der Waals surface area contributed by atoms with Crippen LogP contribution < -0.4 is 15.4 Å². The number of hydrogen-bond donors (Lipinski definition) is 3. The van der Waals surface area contributed by atoms with Gasteiger partial charge < -0.3 is 20.5 Å². The number of carboxylic acid groups (broad SMARTS) is 1. The Morgan fingerprint density at radius 3 is 2.71 bits per heavy atom. The Morgan fingerprint density at radius 1 is 1.25 bits per heavy atom. The van der Waals surface area contributed by atoms with E-state index in [1.807, 2.05) is 37.3 Å². The van der Waals surface area contributed by atoms with Gasteiger partial charge in [-0.3, -0.25) is 0 Å². The van der Waals surface area contributed by atoms with Gasteiger partial charge in [-0.15, -0.1) is 0 Å². The van der Waals surface area contributed by atoms with Crippen molar-refractivity contribution in [2.45, 2.75) is 45.1 Å². The topological polar surface area (TPSA) is 96.4 Å². The largest absolute Gasteiger partial charge is 0.491 e. The van der Waals surface area contributed by atoms with Gasteiger partial charge in [0.2, 0.25) is 5.95 Å². The Bertz CT molecular complexity index is 764. The van der Waals surface area contributed by atoms with Crippen LogP contribution in [0, 0.1) is 5.92 Å². The highest BCUT2D eigenvalue weighted by atomic mass is 16.5. The molecule has 0 amide bonds. The van der Waals surface area contributed by atoms with Gasteiger partial charge in [-0.25, -0.2) is 9.78 Å². The molecular weight excluding hydrogens is 356 g/mol. The lowest BCUT2D eigenvalue weighted by Crippen LogP contribution is -2.26. The molecule has 1 aliphatic carbocycles. The van der Waals surface area contributed by atoms with Crippen LogP contribution in [0.5, 0.6) is 5.75 Å². The molecule has 1 atom stereocenters. The third-order valence-corrected chi connectivity index (χ3v) is 4.92. The molecule has 3 rings (SSSR count). The Morgan fingerprint density at radius 2 is 2.00 bits per heavy atom. The average molecular weight is 384 g/mol. The van der Waals surface area contributed by atoms with E-state index in [0.29, 0.717) is 24.3 Å². The van der Waals surface area contributed by atoms with E-state index in [4.69, 9.17) is 4.74 Å². The lowest BCUT2D eigenvalue weighted by molar-refractivity contribution is 0.0697. The maximum Gasteiger partial charge on any atom is 0.341 e. The number of rotatable bonds is 9. The summed E-state index contributed by atoms with van der Waals surface area (Å²) >= 11 is 0. The molecule has 0 spiro atoms. The number of aromatic carboxylic acids is 1. The summed E-state index contributed by atoms with van der Waals surface area (Å²) in [5.41, 5.74) is 0.0507. The first kappa shape index (κ1) is 19.9. The molecule has 0 bridgehead atoms. The zero-order valence-corrected chi connectivity index (χ0v) is 16.2. The van der Waals surface area contributed by atoms with Gasteiger partial charge in [-0.05, 0) is 37.8 Å². The predicted octanol–water partition coefficient (Wildman–Crippen LogP) is 4.05. The fourth-order valence-electron chi connectivity index (χ4n) is 3.37. The number of benzene rings is 1. The van der Waals surface area contributed by atoms with E-state index in [-0.39, 0.29) is 11.6 Å². The second-order valence-electron chi connectivity index (χ2n) is 7.32. The predicted molar refractivity (Wildman–Crippen MR) is 109 cm³/mol. The van der Waals surface area contributed by atoms with Crippen molar-refractivity contribution in [2.24, 2.45) is 5.92 Å². The first-order valence-electron chi connectivity index (χ1n) is 9.90. The maximum absolute atomic E-state index is 11.5. The molecule has 7 heteroatoms. The van der Waals surface area contributed by atoms with E-state index in [1.54, 1.807) is 0 Å². The molecule has 0 radical (unpaired) electrons. The van der Waals surface area contributed by atoms with Gasteiger partial charge in [-0.1, -0.05) is 37.5 Å². The second-order valence-corrected chi connectivity index (χ2v) is 7.32. The van der Waals surface area contributed by atoms with Crippen molar-refractivity contribution >= 4 is 17.7 Å². The molecule has 1 heterocycles. The molecule has 3 N–H and O–H groups in total. The minimum Gasteiger partial charge on any atom is -0.491 e. The molecule has 1 aromatic heterocycles. The standard InChI is InChI=1S/C21H28N4O3/c1-15(14-28-17-10-6-3-7-11-17)24-19-18(20(26)27)13-23-21(25-19)22-12-16-8-4-2-5-9-16/h3,6-7,10-11,13,15-16H,2,4-5,8-9,12,14H2,1H3,(H,26,27)(H2,22,23,24,25). The number of para-hydroxylation sites is 1. The van der Waals surface area contributed by atoms with Crippen molar-refractivity contribution in [3.63, 3.8) is 0 Å². The van der Waals surface area contributed by atoms with Gasteiger partial charge in [-0.2, -0.15) is 4.98 Å². The second kappa shape index (κ2) is 9.92. The highest BCUT2D eigenvalue weighted by Gasteiger charge is 2.17. The molecule has 1 unspecified atom stereocenters. The molecule has 150 valence electrons. The van der Waals surface area contributed by atoms with E-state index in [9.17, 15) is 9.90 Å². The van der Waals surface area contributed by atoms with Crippen LogP contribution in [0.3, 0.4) is 0 Å². The third kappa shape index (κ3) is 5.84. The first-order valence-corrected chi connectivity index (χ1v) is 9.90. The summed E-state index contributed by atoms with van der Waals surface area (Å²) in [7, 11) is 0. The third-order valence-electron chi connectivity index (χ3n) is 4.92. The summed E-state index contributed by atoms with van der Waals surface area (Å²) in [6.07, 6.45) is 7.66. The molecule has 1 aromatic carbocycles. The van der Waals surface area contributed by atoms with Crippen molar-refractivity contribution in [1.29, 1.82) is 0 Å². The fraction of sp³-hybridized carbons (Fsp3) is 0.476. The average Bonchev–Trinajstić information content (AvgIpc) is 2.72. The van der Waals surface area contributed by atoms with Crippen LogP contribution in [0.2, 0.25) is 0 Å².